The number of carbonyl (C=O) groups excluding carboxylic acids is 1. The third-order valence-corrected chi connectivity index (χ3v) is 10.5. The lowest BCUT2D eigenvalue weighted by molar-refractivity contribution is -0.118. The van der Waals surface area contributed by atoms with E-state index < -0.39 is 10.0 Å². The van der Waals surface area contributed by atoms with Crippen molar-refractivity contribution in [3.63, 3.8) is 0 Å². The molecule has 1 heterocycles. The van der Waals surface area contributed by atoms with Gasteiger partial charge in [0.05, 0.1) is 9.48 Å². The zero-order valence-electron chi connectivity index (χ0n) is 18.9. The Morgan fingerprint density at radius 1 is 1.09 bits per heavy atom. The smallest absolute Gasteiger partial charge is 0.262 e. The van der Waals surface area contributed by atoms with Gasteiger partial charge in [-0.2, -0.15) is 4.31 Å². The predicted octanol–water partition coefficient (Wildman–Crippen LogP) is 4.83. The van der Waals surface area contributed by atoms with Crippen LogP contribution in [0, 0.1) is 13.8 Å². The van der Waals surface area contributed by atoms with E-state index in [9.17, 15) is 13.2 Å². The van der Waals surface area contributed by atoms with Gasteiger partial charge in [-0.05, 0) is 54.8 Å². The lowest BCUT2D eigenvalue weighted by Crippen LogP contribution is -2.31. The van der Waals surface area contributed by atoms with E-state index in [1.54, 1.807) is 19.9 Å². The van der Waals surface area contributed by atoms with Crippen LogP contribution in [-0.2, 0) is 14.8 Å². The molecule has 0 saturated carbocycles. The molecule has 9 heteroatoms. The number of hydrogen-bond donors (Lipinski definition) is 1. The number of benzene rings is 2. The lowest BCUT2D eigenvalue weighted by atomic mass is 10.1. The maximum atomic E-state index is 12.9. The van der Waals surface area contributed by atoms with Gasteiger partial charge < -0.3 is 10.1 Å². The Labute approximate surface area is 199 Å². The number of amides is 1. The number of carbonyl (C=O) groups is 1. The molecule has 2 aromatic rings. The summed E-state index contributed by atoms with van der Waals surface area (Å²) in [4.78, 5) is 12.7. The van der Waals surface area contributed by atoms with Crippen LogP contribution in [0.1, 0.15) is 35.1 Å². The molecule has 0 radical (unpaired) electrons. The Bertz CT molecular complexity index is 1050. The monoisotopic (exact) mass is 494 g/mol. The van der Waals surface area contributed by atoms with E-state index in [1.807, 2.05) is 61.6 Å². The number of nitrogens with zero attached hydrogens (tertiary/aromatic N) is 1. The first kappa shape index (κ1) is 25.0. The molecule has 32 heavy (non-hydrogen) atoms. The number of aryl methyl sites for hydroxylation is 1. The second-order valence-corrected chi connectivity index (χ2v) is 12.1. The third kappa shape index (κ3) is 5.81. The molecule has 6 nitrogen and oxygen atoms in total. The van der Waals surface area contributed by atoms with Gasteiger partial charge in [-0.3, -0.25) is 4.79 Å². The maximum absolute atomic E-state index is 12.9. The van der Waals surface area contributed by atoms with Gasteiger partial charge in [-0.15, -0.1) is 23.5 Å². The number of sulfonamides is 1. The molecule has 1 fully saturated rings. The number of ether oxygens (including phenoxy) is 1. The van der Waals surface area contributed by atoms with E-state index >= 15 is 0 Å². The van der Waals surface area contributed by atoms with Crippen LogP contribution in [0.3, 0.4) is 0 Å². The topological polar surface area (TPSA) is 75.7 Å². The molecule has 1 saturated heterocycles. The van der Waals surface area contributed by atoms with E-state index in [0.29, 0.717) is 29.1 Å². The SMILES string of the molecule is CCN(CC)S(=O)(=O)c1cc(C)c(C)c(NC(=O)COc2ccc(C3SCCS3)cc2)c1. The summed E-state index contributed by atoms with van der Waals surface area (Å²) in [5.41, 5.74) is 3.36. The van der Waals surface area contributed by atoms with Crippen LogP contribution < -0.4 is 10.1 Å². The van der Waals surface area contributed by atoms with Crippen molar-refractivity contribution >= 4 is 45.1 Å². The van der Waals surface area contributed by atoms with Crippen LogP contribution >= 0.6 is 23.5 Å². The van der Waals surface area contributed by atoms with E-state index in [2.05, 4.69) is 5.32 Å². The zero-order chi connectivity index (χ0) is 23.3. The number of rotatable bonds is 9. The fourth-order valence-electron chi connectivity index (χ4n) is 3.42. The highest BCUT2D eigenvalue weighted by Crippen LogP contribution is 2.45. The Morgan fingerprint density at radius 2 is 1.72 bits per heavy atom. The molecule has 0 atom stereocenters. The molecule has 2 aromatic carbocycles. The van der Waals surface area contributed by atoms with Gasteiger partial charge in [0, 0.05) is 30.3 Å². The Kier molecular flexibility index (Phi) is 8.55. The summed E-state index contributed by atoms with van der Waals surface area (Å²) in [5, 5.41) is 2.81. The summed E-state index contributed by atoms with van der Waals surface area (Å²) in [7, 11) is -3.62. The summed E-state index contributed by atoms with van der Waals surface area (Å²) >= 11 is 3.89. The van der Waals surface area contributed by atoms with Crippen molar-refractivity contribution in [1.29, 1.82) is 0 Å². The van der Waals surface area contributed by atoms with Gasteiger partial charge in [0.25, 0.3) is 5.91 Å². The number of hydrogen-bond acceptors (Lipinski definition) is 6. The van der Waals surface area contributed by atoms with Crippen LogP contribution in [0.4, 0.5) is 5.69 Å². The first-order valence-electron chi connectivity index (χ1n) is 10.6. The first-order valence-corrected chi connectivity index (χ1v) is 14.2. The minimum atomic E-state index is -3.62. The van der Waals surface area contributed by atoms with E-state index in [1.165, 1.54) is 27.4 Å². The maximum Gasteiger partial charge on any atom is 0.262 e. The summed E-state index contributed by atoms with van der Waals surface area (Å²) in [5.74, 6) is 2.63. The van der Waals surface area contributed by atoms with E-state index in [0.717, 1.165) is 11.1 Å². The number of thioether (sulfide) groups is 2. The molecular formula is C23H30N2O4S3. The fraction of sp³-hybridized carbons (Fsp3) is 0.435. The highest BCUT2D eigenvalue weighted by Gasteiger charge is 2.23. The molecule has 1 N–H and O–H groups in total. The summed E-state index contributed by atoms with van der Waals surface area (Å²) < 4.78 is 33.3. The normalized spacial score (nSPS) is 14.7. The average molecular weight is 495 g/mol. The molecule has 174 valence electrons. The van der Waals surface area contributed by atoms with Gasteiger partial charge >= 0.3 is 0 Å². The quantitative estimate of drug-likeness (QED) is 0.538. The van der Waals surface area contributed by atoms with Gasteiger partial charge in [0.15, 0.2) is 6.61 Å². The molecule has 3 rings (SSSR count). The highest BCUT2D eigenvalue weighted by molar-refractivity contribution is 8.19. The zero-order valence-corrected chi connectivity index (χ0v) is 21.3. The van der Waals surface area contributed by atoms with Crippen molar-refractivity contribution in [3.05, 3.63) is 53.1 Å². The number of nitrogens with one attached hydrogen (secondary N) is 1. The minimum absolute atomic E-state index is 0.155. The van der Waals surface area contributed by atoms with Crippen LogP contribution in [0.2, 0.25) is 0 Å². The molecule has 0 spiro atoms. The van der Waals surface area contributed by atoms with Gasteiger partial charge in [0.2, 0.25) is 10.0 Å². The molecular weight excluding hydrogens is 464 g/mol. The van der Waals surface area contributed by atoms with E-state index in [-0.39, 0.29) is 17.4 Å². The molecule has 0 aliphatic carbocycles. The molecule has 0 bridgehead atoms. The summed E-state index contributed by atoms with van der Waals surface area (Å²) in [6.07, 6.45) is 0. The lowest BCUT2D eigenvalue weighted by Gasteiger charge is -2.20. The molecule has 1 aliphatic rings. The number of anilines is 1. The third-order valence-electron chi connectivity index (χ3n) is 5.40. The molecule has 0 unspecified atom stereocenters. The Balaban J connectivity index is 1.67. The Hall–Kier alpha value is -1.68. The second kappa shape index (κ2) is 11.0. The van der Waals surface area contributed by atoms with Crippen molar-refractivity contribution in [2.24, 2.45) is 0 Å². The van der Waals surface area contributed by atoms with Gasteiger partial charge in [-0.1, -0.05) is 26.0 Å². The van der Waals surface area contributed by atoms with Crippen molar-refractivity contribution in [3.8, 4) is 5.75 Å². The van der Waals surface area contributed by atoms with Crippen molar-refractivity contribution in [1.82, 2.24) is 4.31 Å². The summed E-state index contributed by atoms with van der Waals surface area (Å²) in [6.45, 7) is 7.93. The van der Waals surface area contributed by atoms with Gasteiger partial charge in [-0.25, -0.2) is 8.42 Å². The fourth-order valence-corrected chi connectivity index (χ4v) is 7.85. The second-order valence-electron chi connectivity index (χ2n) is 7.48. The first-order chi connectivity index (χ1) is 15.3. The van der Waals surface area contributed by atoms with Crippen molar-refractivity contribution in [2.75, 3.05) is 36.5 Å². The summed E-state index contributed by atoms with van der Waals surface area (Å²) in [6, 6.07) is 11.0. The van der Waals surface area contributed by atoms with Crippen LogP contribution in [0.15, 0.2) is 41.3 Å². The average Bonchev–Trinajstić information content (AvgIpc) is 3.31. The van der Waals surface area contributed by atoms with Crippen LogP contribution in [0.25, 0.3) is 0 Å². The largest absolute Gasteiger partial charge is 0.484 e. The highest BCUT2D eigenvalue weighted by atomic mass is 32.2. The molecule has 1 aliphatic heterocycles. The standard InChI is InChI=1S/C23H30N2O4S3/c1-5-25(6-2)32(27,28)20-13-16(3)17(4)21(14-20)24-22(26)15-29-19-9-7-18(8-10-19)23-30-11-12-31-23/h7-10,13-14,23H,5-6,11-12,15H2,1-4H3,(H,24,26). The van der Waals surface area contributed by atoms with Crippen LogP contribution in [-0.4, -0.2) is 49.8 Å². The minimum Gasteiger partial charge on any atom is -0.484 e. The predicted molar refractivity (Wildman–Crippen MR) is 134 cm³/mol. The molecule has 1 amide bonds. The van der Waals surface area contributed by atoms with Crippen molar-refractivity contribution in [2.45, 2.75) is 37.2 Å². The van der Waals surface area contributed by atoms with Crippen molar-refractivity contribution < 1.29 is 17.9 Å². The molecule has 0 aromatic heterocycles. The van der Waals surface area contributed by atoms with E-state index in [4.69, 9.17) is 4.74 Å². The Morgan fingerprint density at radius 3 is 2.31 bits per heavy atom. The van der Waals surface area contributed by atoms with Crippen LogP contribution in [0.5, 0.6) is 5.75 Å². The van der Waals surface area contributed by atoms with Gasteiger partial charge in [0.1, 0.15) is 5.75 Å².